The number of alkyl carbamates (subject to hydrolysis) is 1. The highest BCUT2D eigenvalue weighted by Gasteiger charge is 2.31. The maximum absolute atomic E-state index is 12.9. The van der Waals surface area contributed by atoms with Gasteiger partial charge in [-0.2, -0.15) is 0 Å². The minimum Gasteiger partial charge on any atom is -0.481 e. The van der Waals surface area contributed by atoms with E-state index in [-0.39, 0.29) is 18.9 Å². The number of carboxylic acids is 1. The second-order valence-corrected chi connectivity index (χ2v) is 9.11. The number of carboxylic acid groups (broad SMARTS) is 1. The van der Waals surface area contributed by atoms with Crippen LogP contribution in [0, 0.1) is 0 Å². The predicted octanol–water partition coefficient (Wildman–Crippen LogP) is 4.70. The predicted molar refractivity (Wildman–Crippen MR) is 130 cm³/mol. The van der Waals surface area contributed by atoms with Crippen LogP contribution >= 0.6 is 11.3 Å². The zero-order chi connectivity index (χ0) is 24.1. The Bertz CT molecular complexity index is 1130. The lowest BCUT2D eigenvalue weighted by atomic mass is 9.98. The van der Waals surface area contributed by atoms with Gasteiger partial charge in [-0.15, -0.1) is 11.3 Å². The van der Waals surface area contributed by atoms with Crippen LogP contribution in [0.1, 0.15) is 47.7 Å². The van der Waals surface area contributed by atoms with Gasteiger partial charge in [-0.1, -0.05) is 61.5 Å². The molecule has 0 spiro atoms. The molecule has 34 heavy (non-hydrogen) atoms. The Morgan fingerprint density at radius 3 is 2.18 bits per heavy atom. The highest BCUT2D eigenvalue weighted by Crippen LogP contribution is 2.44. The van der Waals surface area contributed by atoms with Gasteiger partial charge in [0, 0.05) is 16.8 Å². The molecule has 8 heteroatoms. The first-order valence-corrected chi connectivity index (χ1v) is 12.0. The second-order valence-electron chi connectivity index (χ2n) is 8.13. The molecule has 2 amide bonds. The van der Waals surface area contributed by atoms with E-state index >= 15 is 0 Å². The molecule has 0 fully saturated rings. The summed E-state index contributed by atoms with van der Waals surface area (Å²) in [4.78, 5) is 37.4. The van der Waals surface area contributed by atoms with Gasteiger partial charge in [-0.25, -0.2) is 4.79 Å². The maximum atomic E-state index is 12.9. The van der Waals surface area contributed by atoms with Crippen LogP contribution in [0.2, 0.25) is 0 Å². The zero-order valence-electron chi connectivity index (χ0n) is 18.7. The van der Waals surface area contributed by atoms with Crippen molar-refractivity contribution in [2.24, 2.45) is 0 Å². The fourth-order valence-electron chi connectivity index (χ4n) is 4.27. The molecule has 4 rings (SSSR count). The van der Waals surface area contributed by atoms with Crippen molar-refractivity contribution in [2.75, 3.05) is 6.61 Å². The molecule has 1 aliphatic carbocycles. The van der Waals surface area contributed by atoms with E-state index in [4.69, 9.17) is 9.84 Å². The van der Waals surface area contributed by atoms with Gasteiger partial charge in [0.15, 0.2) is 0 Å². The molecular formula is C26H26N2O5S. The minimum absolute atomic E-state index is 0.0906. The summed E-state index contributed by atoms with van der Waals surface area (Å²) in [6, 6.07) is 18.1. The smallest absolute Gasteiger partial charge is 0.408 e. The lowest BCUT2D eigenvalue weighted by Crippen LogP contribution is -2.45. The fraction of sp³-hybridized carbons (Fsp3) is 0.269. The van der Waals surface area contributed by atoms with Crippen LogP contribution in [-0.4, -0.2) is 35.7 Å². The number of nitrogens with one attached hydrogen (secondary N) is 2. The van der Waals surface area contributed by atoms with E-state index in [9.17, 15) is 14.4 Å². The molecule has 3 N–H and O–H groups in total. The Morgan fingerprint density at radius 2 is 1.62 bits per heavy atom. The van der Waals surface area contributed by atoms with Gasteiger partial charge < -0.3 is 20.5 Å². The molecule has 3 aromatic rings. The molecule has 0 radical (unpaired) electrons. The van der Waals surface area contributed by atoms with Crippen LogP contribution in [0.15, 0.2) is 66.0 Å². The number of benzene rings is 2. The molecule has 1 unspecified atom stereocenters. The Kier molecular flexibility index (Phi) is 7.27. The van der Waals surface area contributed by atoms with E-state index in [1.165, 1.54) is 11.3 Å². The monoisotopic (exact) mass is 478 g/mol. The van der Waals surface area contributed by atoms with E-state index in [1.807, 2.05) is 41.8 Å². The van der Waals surface area contributed by atoms with Gasteiger partial charge in [0.05, 0.1) is 6.42 Å². The SMILES string of the molecule is CC[C@@H](CC(=O)O)NC(=O)C(NC(=O)OCC1c2ccccc2-c2ccccc21)c1cccs1. The van der Waals surface area contributed by atoms with Gasteiger partial charge in [0.25, 0.3) is 0 Å². The van der Waals surface area contributed by atoms with Crippen molar-refractivity contribution in [3.05, 3.63) is 82.0 Å². The largest absolute Gasteiger partial charge is 0.481 e. The van der Waals surface area contributed by atoms with Crippen molar-refractivity contribution >= 4 is 29.3 Å². The second kappa shape index (κ2) is 10.5. The number of carbonyl (C=O) groups is 3. The summed E-state index contributed by atoms with van der Waals surface area (Å²) in [7, 11) is 0. The Balaban J connectivity index is 1.45. The maximum Gasteiger partial charge on any atom is 0.408 e. The van der Waals surface area contributed by atoms with Crippen molar-refractivity contribution in [2.45, 2.75) is 37.8 Å². The van der Waals surface area contributed by atoms with Crippen LogP contribution in [0.25, 0.3) is 11.1 Å². The summed E-state index contributed by atoms with van der Waals surface area (Å²) in [6.45, 7) is 1.93. The number of thiophene rings is 1. The quantitative estimate of drug-likeness (QED) is 0.414. The molecule has 0 saturated carbocycles. The standard InChI is InChI=1S/C26H26N2O5S/c1-2-16(14-23(29)30)27-25(31)24(22-12-7-13-34-22)28-26(32)33-15-21-19-10-5-3-8-17(19)18-9-4-6-11-20(18)21/h3-13,16,21,24H,2,14-15H2,1H3,(H,27,31)(H,28,32)(H,29,30)/t16-,24?/m0/s1. The van der Waals surface area contributed by atoms with Crippen molar-refractivity contribution in [3.8, 4) is 11.1 Å². The molecule has 1 aliphatic rings. The third-order valence-corrected chi connectivity index (χ3v) is 6.89. The highest BCUT2D eigenvalue weighted by atomic mass is 32.1. The van der Waals surface area contributed by atoms with Gasteiger partial charge in [0.1, 0.15) is 12.6 Å². The van der Waals surface area contributed by atoms with Gasteiger partial charge >= 0.3 is 12.1 Å². The fourth-order valence-corrected chi connectivity index (χ4v) is 5.05. The number of rotatable bonds is 9. The summed E-state index contributed by atoms with van der Waals surface area (Å²) >= 11 is 1.33. The van der Waals surface area contributed by atoms with Crippen LogP contribution < -0.4 is 10.6 Å². The van der Waals surface area contributed by atoms with Gasteiger partial charge in [0.2, 0.25) is 5.91 Å². The molecular weight excluding hydrogens is 452 g/mol. The summed E-state index contributed by atoms with van der Waals surface area (Å²) < 4.78 is 5.59. The number of hydrogen-bond donors (Lipinski definition) is 3. The van der Waals surface area contributed by atoms with E-state index < -0.39 is 30.1 Å². The number of carbonyl (C=O) groups excluding carboxylic acids is 2. The van der Waals surface area contributed by atoms with E-state index in [0.29, 0.717) is 11.3 Å². The number of fused-ring (bicyclic) bond motifs is 3. The number of ether oxygens (including phenoxy) is 1. The summed E-state index contributed by atoms with van der Waals surface area (Å²) in [6.07, 6.45) is -0.438. The third kappa shape index (κ3) is 5.12. The topological polar surface area (TPSA) is 105 Å². The third-order valence-electron chi connectivity index (χ3n) is 5.96. The molecule has 2 atom stereocenters. The number of hydrogen-bond acceptors (Lipinski definition) is 5. The molecule has 1 heterocycles. The van der Waals surface area contributed by atoms with Gasteiger partial charge in [-0.3, -0.25) is 9.59 Å². The van der Waals surface area contributed by atoms with E-state index in [1.54, 1.807) is 19.1 Å². The number of aliphatic carboxylic acids is 1. The average Bonchev–Trinajstić information content (AvgIpc) is 3.47. The first-order valence-electron chi connectivity index (χ1n) is 11.1. The minimum atomic E-state index is -0.996. The first kappa shape index (κ1) is 23.5. The Morgan fingerprint density at radius 1 is 0.971 bits per heavy atom. The molecule has 1 aromatic heterocycles. The molecule has 0 aliphatic heterocycles. The molecule has 7 nitrogen and oxygen atoms in total. The van der Waals surface area contributed by atoms with Crippen molar-refractivity contribution < 1.29 is 24.2 Å². The lowest BCUT2D eigenvalue weighted by Gasteiger charge is -2.22. The summed E-state index contributed by atoms with van der Waals surface area (Å²) in [5.41, 5.74) is 4.46. The van der Waals surface area contributed by atoms with Crippen LogP contribution in [0.4, 0.5) is 4.79 Å². The van der Waals surface area contributed by atoms with Crippen LogP contribution in [-0.2, 0) is 14.3 Å². The van der Waals surface area contributed by atoms with Crippen LogP contribution in [0.5, 0.6) is 0 Å². The van der Waals surface area contributed by atoms with Crippen molar-refractivity contribution in [3.63, 3.8) is 0 Å². The first-order chi connectivity index (χ1) is 16.5. The van der Waals surface area contributed by atoms with E-state index in [2.05, 4.69) is 22.8 Å². The molecule has 0 bridgehead atoms. The van der Waals surface area contributed by atoms with E-state index in [0.717, 1.165) is 22.3 Å². The van der Waals surface area contributed by atoms with Crippen molar-refractivity contribution in [1.82, 2.24) is 10.6 Å². The Labute approximate surface area is 201 Å². The Hall–Kier alpha value is -3.65. The lowest BCUT2D eigenvalue weighted by molar-refractivity contribution is -0.137. The normalized spacial score (nSPS) is 13.9. The van der Waals surface area contributed by atoms with Crippen molar-refractivity contribution in [1.29, 1.82) is 0 Å². The molecule has 2 aromatic carbocycles. The zero-order valence-corrected chi connectivity index (χ0v) is 19.5. The molecule has 0 saturated heterocycles. The summed E-state index contributed by atoms with van der Waals surface area (Å²) in [5, 5.41) is 16.3. The summed E-state index contributed by atoms with van der Waals surface area (Å²) in [5.74, 6) is -1.56. The van der Waals surface area contributed by atoms with Crippen LogP contribution in [0.3, 0.4) is 0 Å². The number of amides is 2. The average molecular weight is 479 g/mol. The highest BCUT2D eigenvalue weighted by molar-refractivity contribution is 7.10. The van der Waals surface area contributed by atoms with Gasteiger partial charge in [-0.05, 0) is 40.1 Å². The molecule has 176 valence electrons.